The molecule has 0 saturated heterocycles. The Hall–Kier alpha value is -2.75. The van der Waals surface area contributed by atoms with Crippen LogP contribution in [0.2, 0.25) is 0 Å². The molecule has 0 atom stereocenters. The van der Waals surface area contributed by atoms with Crippen molar-refractivity contribution in [1.29, 1.82) is 0 Å². The smallest absolute Gasteiger partial charge is 0.231 e. The minimum Gasteiger partial charge on any atom is -0.397 e. The van der Waals surface area contributed by atoms with E-state index in [1.807, 2.05) is 66.8 Å². The summed E-state index contributed by atoms with van der Waals surface area (Å²) in [5.41, 5.74) is 2.75. The minimum atomic E-state index is -0.537. The zero-order valence-electron chi connectivity index (χ0n) is 23.5. The highest BCUT2D eigenvalue weighted by molar-refractivity contribution is 5.97. The zero-order chi connectivity index (χ0) is 27.3. The van der Waals surface area contributed by atoms with E-state index in [9.17, 15) is 4.79 Å². The van der Waals surface area contributed by atoms with Crippen molar-refractivity contribution < 1.29 is 9.90 Å². The topological polar surface area (TPSA) is 131 Å². The summed E-state index contributed by atoms with van der Waals surface area (Å²) in [6.07, 6.45) is 9.32. The Morgan fingerprint density at radius 2 is 1.77 bits per heavy atom. The van der Waals surface area contributed by atoms with E-state index in [1.165, 1.54) is 0 Å². The number of nitrogens with one attached hydrogen (secondary N) is 5. The standard InChI is InChI=1S/C18H26N6O.C4H11N.C2H6O.C2H6/c1-6-12(2)7-8-13-9-20-16(22-13)15-14(10-21-24-15)23-17(25)18(3,4)11-19-5;1-3-5-4-2;1-2-3;1-2/h6-10,19H,11H2,1-5H3,(H,20,22)(H,21,24)(H,23,25);5H,3-4H2,1-2H3;3H,2H2,1H3;1-2H3/b8-7-,12-6-;;;. The van der Waals surface area contributed by atoms with E-state index in [4.69, 9.17) is 5.11 Å². The lowest BCUT2D eigenvalue weighted by Gasteiger charge is -2.22. The molecular formula is C26H49N7O2. The van der Waals surface area contributed by atoms with Crippen LogP contribution in [0.4, 0.5) is 5.69 Å². The van der Waals surface area contributed by atoms with Crippen LogP contribution in [0.5, 0.6) is 0 Å². The van der Waals surface area contributed by atoms with Gasteiger partial charge in [-0.3, -0.25) is 9.89 Å². The van der Waals surface area contributed by atoms with Crippen LogP contribution in [-0.4, -0.2) is 64.5 Å². The first-order valence-electron chi connectivity index (χ1n) is 12.4. The molecule has 0 unspecified atom stereocenters. The van der Waals surface area contributed by atoms with Crippen molar-refractivity contribution >= 4 is 17.7 Å². The number of aromatic amines is 2. The van der Waals surface area contributed by atoms with E-state index in [-0.39, 0.29) is 12.5 Å². The van der Waals surface area contributed by atoms with Gasteiger partial charge in [-0.05, 0) is 60.8 Å². The summed E-state index contributed by atoms with van der Waals surface area (Å²) >= 11 is 0. The molecule has 200 valence electrons. The van der Waals surface area contributed by atoms with Crippen molar-refractivity contribution in [1.82, 2.24) is 30.8 Å². The summed E-state index contributed by atoms with van der Waals surface area (Å²) in [5.74, 6) is 0.539. The van der Waals surface area contributed by atoms with Crippen LogP contribution in [0.25, 0.3) is 17.6 Å². The maximum Gasteiger partial charge on any atom is 0.231 e. The van der Waals surface area contributed by atoms with Gasteiger partial charge in [0, 0.05) is 13.2 Å². The summed E-state index contributed by atoms with van der Waals surface area (Å²) in [6.45, 7) is 20.7. The number of H-pyrrole nitrogens is 2. The van der Waals surface area contributed by atoms with Gasteiger partial charge in [0.1, 0.15) is 5.69 Å². The number of allylic oxidation sites excluding steroid dienone is 3. The molecule has 0 aliphatic rings. The summed E-state index contributed by atoms with van der Waals surface area (Å²) in [7, 11) is 1.83. The second-order valence-electron chi connectivity index (χ2n) is 7.85. The first-order valence-corrected chi connectivity index (χ1v) is 12.4. The number of hydrogen-bond acceptors (Lipinski definition) is 6. The molecule has 2 rings (SSSR count). The highest BCUT2D eigenvalue weighted by Gasteiger charge is 2.28. The summed E-state index contributed by atoms with van der Waals surface area (Å²) in [6, 6.07) is 0. The van der Waals surface area contributed by atoms with E-state index in [2.05, 4.69) is 50.0 Å². The second kappa shape index (κ2) is 20.6. The minimum absolute atomic E-state index is 0.0834. The molecule has 9 nitrogen and oxygen atoms in total. The molecule has 0 aliphatic carbocycles. The van der Waals surface area contributed by atoms with E-state index in [1.54, 1.807) is 19.3 Å². The van der Waals surface area contributed by atoms with Gasteiger partial charge >= 0.3 is 0 Å². The van der Waals surface area contributed by atoms with Gasteiger partial charge < -0.3 is 26.0 Å². The summed E-state index contributed by atoms with van der Waals surface area (Å²) in [4.78, 5) is 20.1. The average Bonchev–Trinajstić information content (AvgIpc) is 3.49. The number of aliphatic hydroxyl groups excluding tert-OH is 1. The Bertz CT molecular complexity index is 850. The number of rotatable bonds is 9. The number of aromatic nitrogens is 4. The van der Waals surface area contributed by atoms with Gasteiger partial charge in [0.25, 0.3) is 0 Å². The molecular weight excluding hydrogens is 442 g/mol. The van der Waals surface area contributed by atoms with Crippen LogP contribution in [0.1, 0.15) is 68.0 Å². The zero-order valence-corrected chi connectivity index (χ0v) is 23.5. The Morgan fingerprint density at radius 1 is 1.17 bits per heavy atom. The normalized spacial score (nSPS) is 11.0. The Balaban J connectivity index is 0. The van der Waals surface area contributed by atoms with E-state index >= 15 is 0 Å². The molecule has 0 bridgehead atoms. The predicted molar refractivity (Wildman–Crippen MR) is 149 cm³/mol. The lowest BCUT2D eigenvalue weighted by Crippen LogP contribution is -2.38. The van der Waals surface area contributed by atoms with Gasteiger partial charge in [-0.25, -0.2) is 4.98 Å². The molecule has 6 N–H and O–H groups in total. The lowest BCUT2D eigenvalue weighted by molar-refractivity contribution is -0.123. The van der Waals surface area contributed by atoms with Crippen LogP contribution in [0.3, 0.4) is 0 Å². The number of aliphatic hydroxyl groups is 1. The van der Waals surface area contributed by atoms with Gasteiger partial charge in [-0.15, -0.1) is 0 Å². The molecule has 1 amide bonds. The van der Waals surface area contributed by atoms with Crippen molar-refractivity contribution in [3.8, 4) is 11.5 Å². The maximum absolute atomic E-state index is 12.5. The first kappa shape index (κ1) is 34.4. The van der Waals surface area contributed by atoms with Crippen molar-refractivity contribution in [3.05, 3.63) is 35.8 Å². The van der Waals surface area contributed by atoms with Crippen LogP contribution in [0, 0.1) is 5.41 Å². The van der Waals surface area contributed by atoms with Gasteiger partial charge in [-0.2, -0.15) is 5.10 Å². The highest BCUT2D eigenvalue weighted by Crippen LogP contribution is 2.25. The first-order chi connectivity index (χ1) is 16.7. The quantitative estimate of drug-likeness (QED) is 0.284. The number of imidazole rings is 1. The number of carbonyl (C=O) groups is 1. The van der Waals surface area contributed by atoms with Gasteiger partial charge in [-0.1, -0.05) is 45.4 Å². The third-order valence-corrected chi connectivity index (χ3v) is 4.43. The summed E-state index contributed by atoms with van der Waals surface area (Å²) < 4.78 is 0. The number of anilines is 1. The second-order valence-corrected chi connectivity index (χ2v) is 7.85. The number of nitrogens with zero attached hydrogens (tertiary/aromatic N) is 2. The molecule has 0 aliphatic heterocycles. The molecule has 2 heterocycles. The molecule has 0 spiro atoms. The molecule has 2 aromatic heterocycles. The average molecular weight is 492 g/mol. The fourth-order valence-electron chi connectivity index (χ4n) is 2.49. The van der Waals surface area contributed by atoms with E-state index in [0.29, 0.717) is 23.8 Å². The van der Waals surface area contributed by atoms with Crippen LogP contribution in [-0.2, 0) is 4.79 Å². The van der Waals surface area contributed by atoms with E-state index < -0.39 is 5.41 Å². The molecule has 0 fully saturated rings. The lowest BCUT2D eigenvalue weighted by atomic mass is 9.92. The van der Waals surface area contributed by atoms with Crippen molar-refractivity contribution in [2.75, 3.05) is 38.6 Å². The largest absolute Gasteiger partial charge is 0.397 e. The molecule has 0 aromatic carbocycles. The van der Waals surface area contributed by atoms with E-state index in [0.717, 1.165) is 24.4 Å². The summed E-state index contributed by atoms with van der Waals surface area (Å²) in [5, 5.41) is 23.6. The van der Waals surface area contributed by atoms with Gasteiger partial charge in [0.05, 0.1) is 29.2 Å². The van der Waals surface area contributed by atoms with Crippen molar-refractivity contribution in [3.63, 3.8) is 0 Å². The maximum atomic E-state index is 12.5. The molecule has 2 aromatic rings. The third-order valence-electron chi connectivity index (χ3n) is 4.43. The Kier molecular flexibility index (Phi) is 20.3. The number of amides is 1. The fourth-order valence-corrected chi connectivity index (χ4v) is 2.49. The predicted octanol–water partition coefficient (Wildman–Crippen LogP) is 4.60. The van der Waals surface area contributed by atoms with Crippen LogP contribution >= 0.6 is 0 Å². The van der Waals surface area contributed by atoms with Crippen LogP contribution < -0.4 is 16.0 Å². The highest BCUT2D eigenvalue weighted by atomic mass is 16.2. The number of carbonyl (C=O) groups excluding carboxylic acids is 1. The van der Waals surface area contributed by atoms with Crippen molar-refractivity contribution in [2.24, 2.45) is 5.41 Å². The SMILES string of the molecule is C/C=C(C)\C=C/c1cnc(-c2[nH]ncc2NC(=O)C(C)(C)CNC)[nH]1.CC.CCNCC.CCO. The van der Waals surface area contributed by atoms with Gasteiger partial charge in [0.15, 0.2) is 5.82 Å². The molecule has 35 heavy (non-hydrogen) atoms. The van der Waals surface area contributed by atoms with Crippen LogP contribution in [0.15, 0.2) is 30.1 Å². The Labute approximate surface area is 212 Å². The van der Waals surface area contributed by atoms with Gasteiger partial charge in [0.2, 0.25) is 5.91 Å². The fraction of sp³-hybridized carbons (Fsp3) is 0.577. The Morgan fingerprint density at radius 3 is 2.26 bits per heavy atom. The molecule has 0 radical (unpaired) electrons. The molecule has 9 heteroatoms. The third kappa shape index (κ3) is 14.3. The monoisotopic (exact) mass is 491 g/mol. The number of hydrogen-bond donors (Lipinski definition) is 6. The molecule has 0 saturated carbocycles. The van der Waals surface area contributed by atoms with Crippen molar-refractivity contribution in [2.45, 2.75) is 62.3 Å².